The predicted octanol–water partition coefficient (Wildman–Crippen LogP) is 4.67. The van der Waals surface area contributed by atoms with Crippen molar-refractivity contribution < 1.29 is 18.0 Å². The summed E-state index contributed by atoms with van der Waals surface area (Å²) in [6.45, 7) is 7.25. The molecule has 0 N–H and O–H groups in total. The highest BCUT2D eigenvalue weighted by molar-refractivity contribution is 5.83. The molecule has 1 aliphatic carbocycles. The molecule has 0 radical (unpaired) electrons. The highest BCUT2D eigenvalue weighted by Gasteiger charge is 2.50. The average molecular weight is 424 g/mol. The standard InChI is InChI=1S/C23H32F3N3O/c1-16(2)22(8-6-19(13-22)28-9-4-3-5-10-28)21(30)29-11-7-20-17(15-29)12-18(14-27-20)23(24,25)26/h12,14,16,19H,3-11,13,15H2,1-2H3/t19?,22-/m0/s1. The number of fused-ring (bicyclic) bond motifs is 1. The number of rotatable bonds is 3. The molecule has 166 valence electrons. The van der Waals surface area contributed by atoms with E-state index in [2.05, 4.69) is 23.7 Å². The first-order chi connectivity index (χ1) is 14.2. The van der Waals surface area contributed by atoms with Crippen LogP contribution in [-0.2, 0) is 23.9 Å². The molecule has 2 aliphatic heterocycles. The molecule has 4 nitrogen and oxygen atoms in total. The maximum atomic E-state index is 13.7. The lowest BCUT2D eigenvalue weighted by Crippen LogP contribution is -2.48. The van der Waals surface area contributed by atoms with Gasteiger partial charge in [0, 0.05) is 37.4 Å². The van der Waals surface area contributed by atoms with Crippen molar-refractivity contribution in [1.82, 2.24) is 14.8 Å². The second-order valence-electron chi connectivity index (χ2n) is 9.61. The fraction of sp³-hybridized carbons (Fsp3) is 0.739. The van der Waals surface area contributed by atoms with Crippen molar-refractivity contribution in [1.29, 1.82) is 0 Å². The zero-order valence-corrected chi connectivity index (χ0v) is 18.0. The third kappa shape index (κ3) is 3.97. The van der Waals surface area contributed by atoms with Gasteiger partial charge in [0.25, 0.3) is 0 Å². The number of carbonyl (C=O) groups is 1. The average Bonchev–Trinajstić information content (AvgIpc) is 3.19. The van der Waals surface area contributed by atoms with Gasteiger partial charge in [-0.2, -0.15) is 13.2 Å². The molecule has 4 rings (SSSR count). The van der Waals surface area contributed by atoms with Crippen molar-refractivity contribution in [2.75, 3.05) is 19.6 Å². The number of amides is 1. The zero-order valence-electron chi connectivity index (χ0n) is 18.0. The topological polar surface area (TPSA) is 36.4 Å². The monoisotopic (exact) mass is 423 g/mol. The van der Waals surface area contributed by atoms with Gasteiger partial charge in [0.05, 0.1) is 11.0 Å². The van der Waals surface area contributed by atoms with E-state index >= 15 is 0 Å². The van der Waals surface area contributed by atoms with Crippen LogP contribution in [0.5, 0.6) is 0 Å². The number of aromatic nitrogens is 1. The van der Waals surface area contributed by atoms with Crippen molar-refractivity contribution >= 4 is 5.91 Å². The van der Waals surface area contributed by atoms with Crippen molar-refractivity contribution in [3.63, 3.8) is 0 Å². The summed E-state index contributed by atoms with van der Waals surface area (Å²) in [6.07, 6.45) is 3.54. The molecule has 3 aliphatic rings. The molecule has 0 spiro atoms. The molecule has 1 aromatic heterocycles. The number of pyridine rings is 1. The van der Waals surface area contributed by atoms with Crippen LogP contribution in [0.4, 0.5) is 13.2 Å². The van der Waals surface area contributed by atoms with Gasteiger partial charge in [-0.1, -0.05) is 20.3 Å². The first kappa shape index (κ1) is 21.6. The minimum Gasteiger partial charge on any atom is -0.337 e. The van der Waals surface area contributed by atoms with Gasteiger partial charge in [0.1, 0.15) is 0 Å². The fourth-order valence-electron chi connectivity index (χ4n) is 5.68. The quantitative estimate of drug-likeness (QED) is 0.709. The first-order valence-corrected chi connectivity index (χ1v) is 11.3. The van der Waals surface area contributed by atoms with Gasteiger partial charge < -0.3 is 9.80 Å². The van der Waals surface area contributed by atoms with Gasteiger partial charge in [0.15, 0.2) is 0 Å². The number of likely N-dealkylation sites (tertiary alicyclic amines) is 1. The SMILES string of the molecule is CC(C)[C@]1(C(=O)N2CCc3ncc(C(F)(F)F)cc3C2)CCC(N2CCCCC2)C1. The Bertz CT molecular complexity index is 788. The van der Waals surface area contributed by atoms with Crippen LogP contribution in [-0.4, -0.2) is 46.4 Å². The zero-order chi connectivity index (χ0) is 21.5. The van der Waals surface area contributed by atoms with Crippen molar-refractivity contribution in [2.45, 2.75) is 77.6 Å². The minimum atomic E-state index is -4.42. The molecule has 0 bridgehead atoms. The summed E-state index contributed by atoms with van der Waals surface area (Å²) in [7, 11) is 0. The predicted molar refractivity (Wildman–Crippen MR) is 109 cm³/mol. The van der Waals surface area contributed by atoms with Crippen LogP contribution < -0.4 is 0 Å². The van der Waals surface area contributed by atoms with Crippen molar-refractivity contribution in [3.8, 4) is 0 Å². The molecule has 1 saturated carbocycles. The van der Waals surface area contributed by atoms with Crippen LogP contribution in [0.2, 0.25) is 0 Å². The molecular weight excluding hydrogens is 391 g/mol. The molecule has 7 heteroatoms. The highest BCUT2D eigenvalue weighted by atomic mass is 19.4. The number of carbonyl (C=O) groups excluding carboxylic acids is 1. The number of hydrogen-bond acceptors (Lipinski definition) is 3. The third-order valence-electron chi connectivity index (χ3n) is 7.62. The Morgan fingerprint density at radius 1 is 1.20 bits per heavy atom. The Balaban J connectivity index is 1.52. The Morgan fingerprint density at radius 2 is 1.93 bits per heavy atom. The molecule has 3 heterocycles. The van der Waals surface area contributed by atoms with E-state index in [9.17, 15) is 18.0 Å². The van der Waals surface area contributed by atoms with Gasteiger partial charge in [-0.05, 0) is 62.7 Å². The summed E-state index contributed by atoms with van der Waals surface area (Å²) in [5.41, 5.74) is 0.0756. The van der Waals surface area contributed by atoms with Crippen molar-refractivity contribution in [3.05, 3.63) is 29.1 Å². The second-order valence-corrected chi connectivity index (χ2v) is 9.61. The van der Waals surface area contributed by atoms with Crippen LogP contribution in [0.3, 0.4) is 0 Å². The van der Waals surface area contributed by atoms with Crippen LogP contribution in [0.25, 0.3) is 0 Å². The van der Waals surface area contributed by atoms with Crippen LogP contribution in [0.15, 0.2) is 12.3 Å². The summed E-state index contributed by atoms with van der Waals surface area (Å²) >= 11 is 0. The number of hydrogen-bond donors (Lipinski definition) is 0. The van der Waals surface area contributed by atoms with Crippen LogP contribution in [0, 0.1) is 11.3 Å². The van der Waals surface area contributed by atoms with Crippen LogP contribution in [0.1, 0.15) is 69.2 Å². The first-order valence-electron chi connectivity index (χ1n) is 11.3. The number of alkyl halides is 3. The number of nitrogens with zero attached hydrogens (tertiary/aromatic N) is 3. The summed E-state index contributed by atoms with van der Waals surface area (Å²) in [5.74, 6) is 0.334. The lowest BCUT2D eigenvalue weighted by atomic mass is 9.73. The molecule has 2 atom stereocenters. The number of piperidine rings is 1. The highest BCUT2D eigenvalue weighted by Crippen LogP contribution is 2.48. The Morgan fingerprint density at radius 3 is 2.60 bits per heavy atom. The molecular formula is C23H32F3N3O. The Labute approximate surface area is 176 Å². The maximum Gasteiger partial charge on any atom is 0.417 e. The van der Waals surface area contributed by atoms with Gasteiger partial charge in [-0.15, -0.1) is 0 Å². The molecule has 1 saturated heterocycles. The van der Waals surface area contributed by atoms with E-state index in [0.717, 1.165) is 38.5 Å². The van der Waals surface area contributed by atoms with Gasteiger partial charge in [-0.25, -0.2) is 0 Å². The largest absolute Gasteiger partial charge is 0.417 e. The summed E-state index contributed by atoms with van der Waals surface area (Å²) in [4.78, 5) is 22.1. The summed E-state index contributed by atoms with van der Waals surface area (Å²) in [6, 6.07) is 1.63. The summed E-state index contributed by atoms with van der Waals surface area (Å²) in [5, 5.41) is 0. The Hall–Kier alpha value is -1.63. The van der Waals surface area contributed by atoms with E-state index in [1.54, 1.807) is 4.90 Å². The van der Waals surface area contributed by atoms with E-state index in [0.29, 0.717) is 30.3 Å². The van der Waals surface area contributed by atoms with E-state index in [4.69, 9.17) is 0 Å². The minimum absolute atomic E-state index is 0.125. The Kier molecular flexibility index (Phi) is 5.86. The van der Waals surface area contributed by atoms with E-state index in [1.807, 2.05) is 0 Å². The lowest BCUT2D eigenvalue weighted by Gasteiger charge is -2.40. The molecule has 30 heavy (non-hydrogen) atoms. The maximum absolute atomic E-state index is 13.7. The molecule has 1 unspecified atom stereocenters. The van der Waals surface area contributed by atoms with Gasteiger partial charge >= 0.3 is 6.18 Å². The third-order valence-corrected chi connectivity index (χ3v) is 7.62. The number of halogens is 3. The molecule has 0 aromatic carbocycles. The van der Waals surface area contributed by atoms with E-state index in [1.165, 1.54) is 25.3 Å². The molecule has 1 aromatic rings. The lowest BCUT2D eigenvalue weighted by molar-refractivity contribution is -0.146. The van der Waals surface area contributed by atoms with Crippen molar-refractivity contribution in [2.24, 2.45) is 11.3 Å². The van der Waals surface area contributed by atoms with E-state index < -0.39 is 17.2 Å². The van der Waals surface area contributed by atoms with Gasteiger partial charge in [0.2, 0.25) is 5.91 Å². The van der Waals surface area contributed by atoms with Crippen LogP contribution >= 0.6 is 0 Å². The smallest absolute Gasteiger partial charge is 0.337 e. The summed E-state index contributed by atoms with van der Waals surface area (Å²) < 4.78 is 39.4. The normalized spacial score (nSPS) is 28.1. The second kappa shape index (κ2) is 8.13. The fourth-order valence-corrected chi connectivity index (χ4v) is 5.68. The van der Waals surface area contributed by atoms with Gasteiger partial charge in [-0.3, -0.25) is 9.78 Å². The molecule has 2 fully saturated rings. The van der Waals surface area contributed by atoms with E-state index in [-0.39, 0.29) is 18.4 Å². The molecule has 1 amide bonds.